The number of carbonyl (C=O) groups excluding carboxylic acids is 1. The van der Waals surface area contributed by atoms with Crippen LogP contribution in [0, 0.1) is 11.8 Å². The molecule has 0 bridgehead atoms. The van der Waals surface area contributed by atoms with Crippen molar-refractivity contribution in [2.45, 2.75) is 44.8 Å². The third-order valence-corrected chi connectivity index (χ3v) is 4.51. The molecular formula is C13H27ClN2OS. The van der Waals surface area contributed by atoms with Crippen LogP contribution in [0.1, 0.15) is 40.0 Å². The Bertz CT molecular complexity index is 256. The summed E-state index contributed by atoms with van der Waals surface area (Å²) < 4.78 is 0.276. The average Bonchev–Trinajstić information content (AvgIpc) is 2.70. The van der Waals surface area contributed by atoms with Crippen molar-refractivity contribution in [3.8, 4) is 0 Å². The van der Waals surface area contributed by atoms with E-state index >= 15 is 0 Å². The molecule has 0 aromatic heterocycles. The van der Waals surface area contributed by atoms with Gasteiger partial charge in [0.25, 0.3) is 0 Å². The molecule has 1 aliphatic rings. The molecular weight excluding hydrogens is 268 g/mol. The molecule has 5 heteroatoms. The molecule has 2 atom stereocenters. The molecule has 1 fully saturated rings. The van der Waals surface area contributed by atoms with Crippen LogP contribution >= 0.6 is 24.2 Å². The smallest absolute Gasteiger partial charge is 0.223 e. The van der Waals surface area contributed by atoms with Crippen molar-refractivity contribution in [1.82, 2.24) is 5.32 Å². The van der Waals surface area contributed by atoms with Crippen LogP contribution in [0.2, 0.25) is 0 Å². The largest absolute Gasteiger partial charge is 0.355 e. The summed E-state index contributed by atoms with van der Waals surface area (Å²) >= 11 is 1.89. The van der Waals surface area contributed by atoms with Crippen molar-refractivity contribution in [2.24, 2.45) is 17.6 Å². The van der Waals surface area contributed by atoms with E-state index in [0.717, 1.165) is 31.6 Å². The van der Waals surface area contributed by atoms with Gasteiger partial charge in [-0.25, -0.2) is 0 Å². The van der Waals surface area contributed by atoms with Gasteiger partial charge in [-0.15, -0.1) is 12.4 Å². The summed E-state index contributed by atoms with van der Waals surface area (Å²) in [5.74, 6) is 1.77. The van der Waals surface area contributed by atoms with Gasteiger partial charge >= 0.3 is 0 Å². The van der Waals surface area contributed by atoms with Crippen molar-refractivity contribution in [2.75, 3.05) is 18.8 Å². The van der Waals surface area contributed by atoms with Crippen LogP contribution in [0.5, 0.6) is 0 Å². The second kappa shape index (κ2) is 8.28. The van der Waals surface area contributed by atoms with Crippen molar-refractivity contribution in [1.29, 1.82) is 0 Å². The molecule has 0 aromatic carbocycles. The second-order valence-electron chi connectivity index (χ2n) is 5.79. The maximum atomic E-state index is 12.0. The fraction of sp³-hybridized carbons (Fsp3) is 0.923. The van der Waals surface area contributed by atoms with Crippen LogP contribution < -0.4 is 11.1 Å². The average molecular weight is 295 g/mol. The fourth-order valence-corrected chi connectivity index (χ4v) is 3.14. The van der Waals surface area contributed by atoms with Crippen LogP contribution in [0.4, 0.5) is 0 Å². The Morgan fingerprint density at radius 3 is 2.61 bits per heavy atom. The zero-order valence-corrected chi connectivity index (χ0v) is 13.3. The molecule has 3 N–H and O–H groups in total. The van der Waals surface area contributed by atoms with Gasteiger partial charge in [0.2, 0.25) is 5.91 Å². The van der Waals surface area contributed by atoms with Crippen LogP contribution in [-0.2, 0) is 4.79 Å². The number of nitrogens with one attached hydrogen (secondary N) is 1. The summed E-state index contributed by atoms with van der Waals surface area (Å²) in [6, 6.07) is 0. The number of rotatable bonds is 5. The Kier molecular flexibility index (Phi) is 8.31. The minimum Gasteiger partial charge on any atom is -0.355 e. The Hall–Kier alpha value is 0.0700. The Morgan fingerprint density at radius 2 is 2.06 bits per heavy atom. The van der Waals surface area contributed by atoms with E-state index in [2.05, 4.69) is 26.1 Å². The summed E-state index contributed by atoms with van der Waals surface area (Å²) in [5, 5.41) is 3.05. The molecule has 1 saturated carbocycles. The maximum absolute atomic E-state index is 12.0. The minimum atomic E-state index is 0. The molecule has 0 spiro atoms. The molecule has 0 aliphatic heterocycles. The molecule has 18 heavy (non-hydrogen) atoms. The van der Waals surface area contributed by atoms with Gasteiger partial charge in [-0.3, -0.25) is 4.79 Å². The number of thioether (sulfide) groups is 1. The molecule has 0 saturated heterocycles. The topological polar surface area (TPSA) is 55.1 Å². The zero-order chi connectivity index (χ0) is 12.9. The van der Waals surface area contributed by atoms with E-state index in [1.54, 1.807) is 0 Å². The first-order valence-electron chi connectivity index (χ1n) is 6.56. The predicted octanol–water partition coefficient (Wildman–Crippen LogP) is 2.43. The first kappa shape index (κ1) is 18.1. The normalized spacial score (nSPS) is 23.6. The van der Waals surface area contributed by atoms with Crippen molar-refractivity contribution in [3.05, 3.63) is 0 Å². The Balaban J connectivity index is 0.00000289. The van der Waals surface area contributed by atoms with Gasteiger partial charge in [-0.05, 0) is 25.3 Å². The highest BCUT2D eigenvalue weighted by Gasteiger charge is 2.31. The van der Waals surface area contributed by atoms with Gasteiger partial charge in [0.15, 0.2) is 0 Å². The van der Waals surface area contributed by atoms with Crippen molar-refractivity contribution in [3.63, 3.8) is 0 Å². The van der Waals surface area contributed by atoms with Crippen molar-refractivity contribution >= 4 is 30.1 Å². The van der Waals surface area contributed by atoms with Gasteiger partial charge in [0.05, 0.1) is 0 Å². The fourth-order valence-electron chi connectivity index (χ4n) is 2.33. The van der Waals surface area contributed by atoms with E-state index in [0.29, 0.717) is 12.5 Å². The maximum Gasteiger partial charge on any atom is 0.223 e. The van der Waals surface area contributed by atoms with Gasteiger partial charge in [0, 0.05) is 23.0 Å². The van der Waals surface area contributed by atoms with E-state index in [4.69, 9.17) is 5.73 Å². The molecule has 1 amide bonds. The Morgan fingerprint density at radius 1 is 1.39 bits per heavy atom. The van der Waals surface area contributed by atoms with Crippen LogP contribution in [0.3, 0.4) is 0 Å². The van der Waals surface area contributed by atoms with E-state index in [9.17, 15) is 4.79 Å². The van der Waals surface area contributed by atoms with Crippen LogP contribution in [0.15, 0.2) is 0 Å². The first-order valence-corrected chi connectivity index (χ1v) is 7.54. The molecule has 0 aromatic rings. The van der Waals surface area contributed by atoms with Gasteiger partial charge in [-0.1, -0.05) is 27.2 Å². The summed E-state index contributed by atoms with van der Waals surface area (Å²) in [4.78, 5) is 12.0. The van der Waals surface area contributed by atoms with E-state index in [1.807, 2.05) is 11.8 Å². The summed E-state index contributed by atoms with van der Waals surface area (Å²) in [5.41, 5.74) is 5.69. The number of hydrogen-bond donors (Lipinski definition) is 2. The van der Waals surface area contributed by atoms with E-state index < -0.39 is 0 Å². The lowest BCUT2D eigenvalue weighted by Crippen LogP contribution is -2.36. The quantitative estimate of drug-likeness (QED) is 0.766. The molecule has 0 radical (unpaired) electrons. The molecule has 0 heterocycles. The zero-order valence-electron chi connectivity index (χ0n) is 11.7. The number of hydrogen-bond acceptors (Lipinski definition) is 3. The molecule has 0 unspecified atom stereocenters. The monoisotopic (exact) mass is 294 g/mol. The summed E-state index contributed by atoms with van der Waals surface area (Å²) in [6.07, 6.45) is 3.28. The summed E-state index contributed by atoms with van der Waals surface area (Å²) in [6.45, 7) is 8.01. The molecule has 108 valence electrons. The third-order valence-electron chi connectivity index (χ3n) is 3.23. The number of halogens is 1. The lowest BCUT2D eigenvalue weighted by atomic mass is 9.95. The standard InChI is InChI=1S/C13H26N2OS.ClH/c1-13(2,3)17-8-7-15-12(16)11-6-4-5-10(11)9-14;/h10-11H,4-9,14H2,1-3H3,(H,15,16);1H/t10-,11-;/m1./s1. The molecule has 3 nitrogen and oxygen atoms in total. The van der Waals surface area contributed by atoms with Crippen LogP contribution in [-0.4, -0.2) is 29.5 Å². The number of amides is 1. The number of carbonyl (C=O) groups is 1. The highest BCUT2D eigenvalue weighted by atomic mass is 35.5. The summed E-state index contributed by atoms with van der Waals surface area (Å²) in [7, 11) is 0. The van der Waals surface area contributed by atoms with E-state index in [-0.39, 0.29) is 29.0 Å². The second-order valence-corrected chi connectivity index (χ2v) is 7.71. The first-order chi connectivity index (χ1) is 7.94. The Labute approximate surface area is 121 Å². The highest BCUT2D eigenvalue weighted by Crippen LogP contribution is 2.31. The lowest BCUT2D eigenvalue weighted by molar-refractivity contribution is -0.125. The van der Waals surface area contributed by atoms with Crippen LogP contribution in [0.25, 0.3) is 0 Å². The third kappa shape index (κ3) is 6.30. The lowest BCUT2D eigenvalue weighted by Gasteiger charge is -2.19. The minimum absolute atomic E-state index is 0. The van der Waals surface area contributed by atoms with Gasteiger partial charge < -0.3 is 11.1 Å². The van der Waals surface area contributed by atoms with Gasteiger partial charge in [0.1, 0.15) is 0 Å². The van der Waals surface area contributed by atoms with Crippen molar-refractivity contribution < 1.29 is 4.79 Å². The highest BCUT2D eigenvalue weighted by molar-refractivity contribution is 8.00. The van der Waals surface area contributed by atoms with E-state index in [1.165, 1.54) is 0 Å². The predicted molar refractivity (Wildman–Crippen MR) is 82.4 cm³/mol. The molecule has 1 aliphatic carbocycles. The SMILES string of the molecule is CC(C)(C)SCCNC(=O)[C@@H]1CCC[C@@H]1CN.Cl. The van der Waals surface area contributed by atoms with Gasteiger partial charge in [-0.2, -0.15) is 11.8 Å². The molecule has 1 rings (SSSR count). The number of nitrogens with two attached hydrogens (primary N) is 1.